The van der Waals surface area contributed by atoms with E-state index in [-0.39, 0.29) is 23.7 Å². The number of nitro groups is 1. The molecule has 2 aromatic heterocycles. The number of ketones is 1. The number of hydrogen-bond acceptors (Lipinski definition) is 5. The van der Waals surface area contributed by atoms with Gasteiger partial charge in [-0.25, -0.2) is 0 Å². The van der Waals surface area contributed by atoms with Crippen LogP contribution in [-0.2, 0) is 6.54 Å². The summed E-state index contributed by atoms with van der Waals surface area (Å²) in [7, 11) is 1.78. The van der Waals surface area contributed by atoms with Crippen LogP contribution in [0.4, 0.5) is 5.69 Å². The van der Waals surface area contributed by atoms with Crippen molar-refractivity contribution in [2.45, 2.75) is 13.5 Å². The Labute approximate surface area is 115 Å². The molecule has 106 valence electrons. The van der Waals surface area contributed by atoms with Crippen LogP contribution in [-0.4, -0.2) is 34.2 Å². The Balaban J connectivity index is 1.94. The highest BCUT2D eigenvalue weighted by Crippen LogP contribution is 2.13. The maximum Gasteiger partial charge on any atom is 0.287 e. The van der Waals surface area contributed by atoms with Crippen LogP contribution in [0.2, 0.25) is 0 Å². The van der Waals surface area contributed by atoms with Crippen LogP contribution < -0.4 is 0 Å². The van der Waals surface area contributed by atoms with Crippen LogP contribution in [0.25, 0.3) is 0 Å². The van der Waals surface area contributed by atoms with Crippen molar-refractivity contribution in [3.8, 4) is 0 Å². The summed E-state index contributed by atoms with van der Waals surface area (Å²) in [6.45, 7) is 2.51. The molecule has 0 spiro atoms. The van der Waals surface area contributed by atoms with Crippen molar-refractivity contribution in [2.75, 3.05) is 13.6 Å². The van der Waals surface area contributed by atoms with Crippen molar-refractivity contribution in [3.05, 3.63) is 51.7 Å². The molecule has 0 saturated carbocycles. The van der Waals surface area contributed by atoms with E-state index in [9.17, 15) is 14.9 Å². The van der Waals surface area contributed by atoms with E-state index in [1.54, 1.807) is 11.9 Å². The molecule has 0 aliphatic rings. The second kappa shape index (κ2) is 5.70. The van der Waals surface area contributed by atoms with Gasteiger partial charge in [-0.15, -0.1) is 0 Å². The van der Waals surface area contributed by atoms with E-state index in [0.29, 0.717) is 6.54 Å². The van der Waals surface area contributed by atoms with E-state index in [2.05, 4.69) is 4.98 Å². The maximum absolute atomic E-state index is 12.0. The number of furan rings is 1. The number of aryl methyl sites for hydroxylation is 1. The van der Waals surface area contributed by atoms with Crippen LogP contribution in [0.1, 0.15) is 22.0 Å². The third kappa shape index (κ3) is 3.33. The fourth-order valence-corrected chi connectivity index (χ4v) is 1.87. The lowest BCUT2D eigenvalue weighted by atomic mass is 10.2. The number of rotatable bonds is 6. The summed E-state index contributed by atoms with van der Waals surface area (Å²) in [5.74, 6) is 1.39. The van der Waals surface area contributed by atoms with Crippen molar-refractivity contribution in [1.82, 2.24) is 9.88 Å². The number of hydrogen-bond donors (Lipinski definition) is 1. The van der Waals surface area contributed by atoms with Gasteiger partial charge in [0.2, 0.25) is 0 Å². The second-order valence-electron chi connectivity index (χ2n) is 4.64. The average molecular weight is 277 g/mol. The molecule has 7 heteroatoms. The lowest BCUT2D eigenvalue weighted by Gasteiger charge is -2.13. The van der Waals surface area contributed by atoms with E-state index < -0.39 is 4.92 Å². The number of nitrogens with zero attached hydrogens (tertiary/aromatic N) is 2. The van der Waals surface area contributed by atoms with Crippen LogP contribution in [0.5, 0.6) is 0 Å². The molecule has 2 heterocycles. The van der Waals surface area contributed by atoms with E-state index >= 15 is 0 Å². The van der Waals surface area contributed by atoms with Gasteiger partial charge in [0, 0.05) is 6.07 Å². The minimum atomic E-state index is -0.539. The van der Waals surface area contributed by atoms with Gasteiger partial charge in [-0.1, -0.05) is 0 Å². The summed E-state index contributed by atoms with van der Waals surface area (Å²) < 4.78 is 5.43. The first-order valence-corrected chi connectivity index (χ1v) is 6.05. The number of aromatic nitrogens is 1. The van der Waals surface area contributed by atoms with Crippen molar-refractivity contribution in [1.29, 1.82) is 0 Å². The van der Waals surface area contributed by atoms with Crippen molar-refractivity contribution in [3.63, 3.8) is 0 Å². The Kier molecular flexibility index (Phi) is 3.99. The molecule has 0 aliphatic heterocycles. The number of carbonyl (C=O) groups is 1. The largest absolute Gasteiger partial charge is 0.465 e. The monoisotopic (exact) mass is 277 g/mol. The molecule has 0 unspecified atom stereocenters. The first kappa shape index (κ1) is 14.0. The molecule has 2 rings (SSSR count). The topological polar surface area (TPSA) is 92.4 Å². The molecule has 2 aromatic rings. The van der Waals surface area contributed by atoms with Gasteiger partial charge in [0.15, 0.2) is 5.78 Å². The predicted octanol–water partition coefficient (Wildman–Crippen LogP) is 2.14. The van der Waals surface area contributed by atoms with Gasteiger partial charge in [0.25, 0.3) is 5.69 Å². The highest BCUT2D eigenvalue weighted by Gasteiger charge is 2.16. The molecule has 7 nitrogen and oxygen atoms in total. The molecule has 0 amide bonds. The van der Waals surface area contributed by atoms with Crippen molar-refractivity contribution in [2.24, 2.45) is 0 Å². The smallest absolute Gasteiger partial charge is 0.287 e. The van der Waals surface area contributed by atoms with E-state index in [0.717, 1.165) is 11.5 Å². The van der Waals surface area contributed by atoms with Gasteiger partial charge in [0.1, 0.15) is 11.5 Å². The summed E-state index contributed by atoms with van der Waals surface area (Å²) in [5, 5.41) is 10.6. The average Bonchev–Trinajstić information content (AvgIpc) is 2.98. The first-order chi connectivity index (χ1) is 9.45. The molecule has 20 heavy (non-hydrogen) atoms. The Morgan fingerprint density at radius 1 is 1.50 bits per heavy atom. The van der Waals surface area contributed by atoms with Crippen molar-refractivity contribution < 1.29 is 14.1 Å². The van der Waals surface area contributed by atoms with Gasteiger partial charge >= 0.3 is 0 Å². The number of Topliss-reactive ketones (excluding diaryl/α,β-unsaturated/α-hetero) is 1. The highest BCUT2D eigenvalue weighted by atomic mass is 16.6. The summed E-state index contributed by atoms with van der Waals surface area (Å²) in [5.41, 5.74) is 0.122. The first-order valence-electron chi connectivity index (χ1n) is 6.05. The van der Waals surface area contributed by atoms with Crippen molar-refractivity contribution >= 4 is 11.5 Å². The fraction of sp³-hybridized carbons (Fsp3) is 0.308. The molecule has 0 bridgehead atoms. The minimum absolute atomic E-state index is 0.113. The quantitative estimate of drug-likeness (QED) is 0.496. The Hall–Kier alpha value is -2.41. The number of carbonyl (C=O) groups excluding carboxylic acids is 1. The number of nitrogens with one attached hydrogen (secondary N) is 1. The molecular weight excluding hydrogens is 262 g/mol. The number of likely N-dealkylation sites (N-methyl/N-ethyl adjacent to an activating group) is 1. The van der Waals surface area contributed by atoms with E-state index in [4.69, 9.17) is 4.42 Å². The molecule has 0 aromatic carbocycles. The zero-order valence-electron chi connectivity index (χ0n) is 11.3. The number of aromatic amines is 1. The van der Waals surface area contributed by atoms with Gasteiger partial charge in [-0.05, 0) is 26.1 Å². The number of H-pyrrole nitrogens is 1. The third-order valence-corrected chi connectivity index (χ3v) is 2.81. The summed E-state index contributed by atoms with van der Waals surface area (Å²) in [6.07, 6.45) is 1.21. The predicted molar refractivity (Wildman–Crippen MR) is 71.6 cm³/mol. The van der Waals surface area contributed by atoms with Crippen LogP contribution in [0.3, 0.4) is 0 Å². The third-order valence-electron chi connectivity index (χ3n) is 2.81. The van der Waals surface area contributed by atoms with E-state index in [1.807, 2.05) is 19.1 Å². The Morgan fingerprint density at radius 3 is 2.80 bits per heavy atom. The maximum atomic E-state index is 12.0. The van der Waals surface area contributed by atoms with Gasteiger partial charge in [-0.2, -0.15) is 0 Å². The summed E-state index contributed by atoms with van der Waals surface area (Å²) >= 11 is 0. The zero-order valence-corrected chi connectivity index (χ0v) is 11.3. The highest BCUT2D eigenvalue weighted by molar-refractivity contribution is 5.96. The fourth-order valence-electron chi connectivity index (χ4n) is 1.87. The summed E-state index contributed by atoms with van der Waals surface area (Å²) in [6, 6.07) is 4.96. The molecule has 0 atom stereocenters. The van der Waals surface area contributed by atoms with Gasteiger partial charge < -0.3 is 9.40 Å². The van der Waals surface area contributed by atoms with Crippen LogP contribution in [0, 0.1) is 17.0 Å². The van der Waals surface area contributed by atoms with Gasteiger partial charge in [-0.3, -0.25) is 19.8 Å². The molecule has 0 saturated heterocycles. The second-order valence-corrected chi connectivity index (χ2v) is 4.64. The van der Waals surface area contributed by atoms with Gasteiger partial charge in [0.05, 0.1) is 29.9 Å². The summed E-state index contributed by atoms with van der Waals surface area (Å²) in [4.78, 5) is 26.4. The molecule has 0 fully saturated rings. The lowest BCUT2D eigenvalue weighted by Crippen LogP contribution is -2.25. The standard InChI is InChI=1S/C13H15N3O4/c1-9-3-4-11(20-9)7-15(2)8-13(17)12-5-10(6-14-12)16(18)19/h3-6,14H,7-8H2,1-2H3. The Morgan fingerprint density at radius 2 is 2.25 bits per heavy atom. The molecule has 1 N–H and O–H groups in total. The normalized spacial score (nSPS) is 10.9. The molecule has 0 radical (unpaired) electrons. The van der Waals surface area contributed by atoms with Crippen LogP contribution in [0.15, 0.2) is 28.8 Å². The SMILES string of the molecule is Cc1ccc(CN(C)CC(=O)c2cc([N+](=O)[O-])c[nH]2)o1. The lowest BCUT2D eigenvalue weighted by molar-refractivity contribution is -0.384. The minimum Gasteiger partial charge on any atom is -0.465 e. The van der Waals surface area contributed by atoms with Crippen LogP contribution >= 0.6 is 0 Å². The Bertz CT molecular complexity index is 629. The zero-order chi connectivity index (χ0) is 14.7. The molecular formula is C13H15N3O4. The molecule has 0 aliphatic carbocycles. The van der Waals surface area contributed by atoms with E-state index in [1.165, 1.54) is 12.3 Å².